The lowest BCUT2D eigenvalue weighted by atomic mass is 9.98. The molecule has 6 heteroatoms. The standard InChI is InChI=1S/C11H10BrCl2N3/c12-10-5-16-11(17-10)8(4-15)7-2-1-6(13)3-9(7)14/h1-3,5,8H,4,15H2,(H,16,17). The average molecular weight is 335 g/mol. The van der Waals surface area contributed by atoms with E-state index in [9.17, 15) is 0 Å². The average Bonchev–Trinajstić information content (AvgIpc) is 2.69. The molecule has 3 nitrogen and oxygen atoms in total. The Morgan fingerprint density at radius 1 is 1.41 bits per heavy atom. The van der Waals surface area contributed by atoms with E-state index < -0.39 is 0 Å². The summed E-state index contributed by atoms with van der Waals surface area (Å²) in [4.78, 5) is 7.35. The van der Waals surface area contributed by atoms with E-state index in [4.69, 9.17) is 28.9 Å². The SMILES string of the molecule is NCC(c1ncc(Br)[nH]1)c1ccc(Cl)cc1Cl. The van der Waals surface area contributed by atoms with Gasteiger partial charge in [0.25, 0.3) is 0 Å². The summed E-state index contributed by atoms with van der Waals surface area (Å²) in [6, 6.07) is 5.38. The highest BCUT2D eigenvalue weighted by molar-refractivity contribution is 9.10. The van der Waals surface area contributed by atoms with Crippen LogP contribution in [0.2, 0.25) is 10.0 Å². The Morgan fingerprint density at radius 2 is 2.18 bits per heavy atom. The number of nitrogens with one attached hydrogen (secondary N) is 1. The van der Waals surface area contributed by atoms with E-state index in [1.54, 1.807) is 18.3 Å². The summed E-state index contributed by atoms with van der Waals surface area (Å²) in [5, 5.41) is 1.20. The van der Waals surface area contributed by atoms with Gasteiger partial charge in [-0.05, 0) is 33.6 Å². The third kappa shape index (κ3) is 2.83. The molecule has 0 bridgehead atoms. The Hall–Kier alpha value is -0.550. The largest absolute Gasteiger partial charge is 0.336 e. The van der Waals surface area contributed by atoms with Gasteiger partial charge in [0.2, 0.25) is 0 Å². The van der Waals surface area contributed by atoms with Crippen LogP contribution in [0.4, 0.5) is 0 Å². The molecule has 0 saturated carbocycles. The Labute approximate surface area is 117 Å². The highest BCUT2D eigenvalue weighted by Gasteiger charge is 2.18. The molecule has 0 radical (unpaired) electrons. The minimum atomic E-state index is -0.0638. The van der Waals surface area contributed by atoms with Crippen LogP contribution in [-0.4, -0.2) is 16.5 Å². The number of H-pyrrole nitrogens is 1. The summed E-state index contributed by atoms with van der Waals surface area (Å²) < 4.78 is 0.816. The van der Waals surface area contributed by atoms with Crippen LogP contribution in [0.1, 0.15) is 17.3 Å². The number of nitrogens with two attached hydrogens (primary N) is 1. The molecule has 17 heavy (non-hydrogen) atoms. The summed E-state index contributed by atoms with van der Waals surface area (Å²) in [5.41, 5.74) is 6.70. The van der Waals surface area contributed by atoms with Crippen molar-refractivity contribution in [3.05, 3.63) is 50.4 Å². The zero-order chi connectivity index (χ0) is 12.4. The summed E-state index contributed by atoms with van der Waals surface area (Å²) in [6.45, 7) is 0.418. The predicted molar refractivity (Wildman–Crippen MR) is 73.6 cm³/mol. The first-order valence-corrected chi connectivity index (χ1v) is 6.52. The Bertz CT molecular complexity index is 527. The van der Waals surface area contributed by atoms with Crippen LogP contribution in [0.15, 0.2) is 29.0 Å². The fourth-order valence-corrected chi connectivity index (χ4v) is 2.51. The van der Waals surface area contributed by atoms with Gasteiger partial charge >= 0.3 is 0 Å². The van der Waals surface area contributed by atoms with Crippen LogP contribution in [0.3, 0.4) is 0 Å². The van der Waals surface area contributed by atoms with E-state index in [0.29, 0.717) is 16.6 Å². The molecule has 2 rings (SSSR count). The number of aromatic nitrogens is 2. The van der Waals surface area contributed by atoms with Gasteiger partial charge in [0.05, 0.1) is 12.1 Å². The number of imidazole rings is 1. The van der Waals surface area contributed by atoms with Crippen LogP contribution >= 0.6 is 39.1 Å². The number of nitrogens with zero attached hydrogens (tertiary/aromatic N) is 1. The Kier molecular flexibility index (Phi) is 4.09. The fraction of sp³-hybridized carbons (Fsp3) is 0.182. The molecule has 1 aromatic carbocycles. The van der Waals surface area contributed by atoms with E-state index in [1.165, 1.54) is 0 Å². The first kappa shape index (κ1) is 12.9. The second kappa shape index (κ2) is 5.40. The summed E-state index contributed by atoms with van der Waals surface area (Å²) in [6.07, 6.45) is 1.70. The van der Waals surface area contributed by atoms with E-state index >= 15 is 0 Å². The molecular weight excluding hydrogens is 325 g/mol. The molecule has 0 spiro atoms. The maximum absolute atomic E-state index is 6.17. The number of aromatic amines is 1. The monoisotopic (exact) mass is 333 g/mol. The molecule has 0 amide bonds. The van der Waals surface area contributed by atoms with Gasteiger partial charge in [-0.1, -0.05) is 29.3 Å². The topological polar surface area (TPSA) is 54.7 Å². The fourth-order valence-electron chi connectivity index (χ4n) is 1.66. The van der Waals surface area contributed by atoms with Crippen LogP contribution in [0.25, 0.3) is 0 Å². The molecule has 1 atom stereocenters. The summed E-state index contributed by atoms with van der Waals surface area (Å²) in [7, 11) is 0. The molecule has 3 N–H and O–H groups in total. The van der Waals surface area contributed by atoms with E-state index in [1.807, 2.05) is 6.07 Å². The number of rotatable bonds is 3. The first-order valence-electron chi connectivity index (χ1n) is 4.97. The van der Waals surface area contributed by atoms with E-state index in [-0.39, 0.29) is 5.92 Å². The second-order valence-electron chi connectivity index (χ2n) is 3.57. The number of halogens is 3. The number of benzene rings is 1. The Morgan fingerprint density at radius 3 is 2.71 bits per heavy atom. The van der Waals surface area contributed by atoms with Gasteiger partial charge in [-0.25, -0.2) is 4.98 Å². The van der Waals surface area contributed by atoms with Crippen LogP contribution < -0.4 is 5.73 Å². The van der Waals surface area contributed by atoms with Crippen molar-refractivity contribution < 1.29 is 0 Å². The maximum Gasteiger partial charge on any atom is 0.115 e. The zero-order valence-electron chi connectivity index (χ0n) is 8.75. The van der Waals surface area contributed by atoms with Crippen LogP contribution in [0, 0.1) is 0 Å². The van der Waals surface area contributed by atoms with Gasteiger partial charge in [0.15, 0.2) is 0 Å². The third-order valence-corrected chi connectivity index (χ3v) is 3.43. The molecule has 90 valence electrons. The van der Waals surface area contributed by atoms with E-state index in [2.05, 4.69) is 25.9 Å². The molecule has 0 aliphatic carbocycles. The van der Waals surface area contributed by atoms with Crippen molar-refractivity contribution >= 4 is 39.1 Å². The van der Waals surface area contributed by atoms with Crippen molar-refractivity contribution in [3.63, 3.8) is 0 Å². The molecule has 0 saturated heterocycles. The van der Waals surface area contributed by atoms with Crippen molar-refractivity contribution in [2.75, 3.05) is 6.54 Å². The Balaban J connectivity index is 2.42. The van der Waals surface area contributed by atoms with Gasteiger partial charge in [-0.15, -0.1) is 0 Å². The first-order chi connectivity index (χ1) is 8.11. The van der Waals surface area contributed by atoms with Gasteiger partial charge in [-0.3, -0.25) is 0 Å². The third-order valence-electron chi connectivity index (χ3n) is 2.47. The second-order valence-corrected chi connectivity index (χ2v) is 5.27. The smallest absolute Gasteiger partial charge is 0.115 e. The lowest BCUT2D eigenvalue weighted by molar-refractivity contribution is 0.764. The molecule has 0 aliphatic rings. The molecule has 0 aliphatic heterocycles. The van der Waals surface area contributed by atoms with Crippen molar-refractivity contribution in [3.8, 4) is 0 Å². The minimum absolute atomic E-state index is 0.0638. The quantitative estimate of drug-likeness (QED) is 0.901. The molecule has 1 aromatic heterocycles. The van der Waals surface area contributed by atoms with Crippen molar-refractivity contribution in [1.29, 1.82) is 0 Å². The highest BCUT2D eigenvalue weighted by atomic mass is 79.9. The molecule has 0 fully saturated rings. The number of hydrogen-bond donors (Lipinski definition) is 2. The van der Waals surface area contributed by atoms with Crippen LogP contribution in [0.5, 0.6) is 0 Å². The minimum Gasteiger partial charge on any atom is -0.336 e. The molecule has 1 unspecified atom stereocenters. The van der Waals surface area contributed by atoms with Crippen molar-refractivity contribution in [2.24, 2.45) is 5.73 Å². The van der Waals surface area contributed by atoms with Crippen molar-refractivity contribution in [1.82, 2.24) is 9.97 Å². The molecule has 1 heterocycles. The van der Waals surface area contributed by atoms with Crippen LogP contribution in [-0.2, 0) is 0 Å². The summed E-state index contributed by atoms with van der Waals surface area (Å²) >= 11 is 15.4. The lowest BCUT2D eigenvalue weighted by Gasteiger charge is -2.14. The number of hydrogen-bond acceptors (Lipinski definition) is 2. The van der Waals surface area contributed by atoms with Gasteiger partial charge < -0.3 is 10.7 Å². The summed E-state index contributed by atoms with van der Waals surface area (Å²) in [5.74, 6) is 0.717. The van der Waals surface area contributed by atoms with Gasteiger partial charge in [-0.2, -0.15) is 0 Å². The maximum atomic E-state index is 6.17. The van der Waals surface area contributed by atoms with Crippen molar-refractivity contribution in [2.45, 2.75) is 5.92 Å². The lowest BCUT2D eigenvalue weighted by Crippen LogP contribution is -2.15. The molecule has 2 aromatic rings. The predicted octanol–water partition coefficient (Wildman–Crippen LogP) is 3.57. The van der Waals surface area contributed by atoms with Gasteiger partial charge in [0.1, 0.15) is 10.4 Å². The zero-order valence-corrected chi connectivity index (χ0v) is 11.9. The molecular formula is C11H10BrCl2N3. The van der Waals surface area contributed by atoms with E-state index in [0.717, 1.165) is 16.0 Å². The normalized spacial score (nSPS) is 12.7. The van der Waals surface area contributed by atoms with Gasteiger partial charge in [0, 0.05) is 16.6 Å². The highest BCUT2D eigenvalue weighted by Crippen LogP contribution is 2.30.